The summed E-state index contributed by atoms with van der Waals surface area (Å²) in [5, 5.41) is 3.80. The van der Waals surface area contributed by atoms with Gasteiger partial charge in [-0.2, -0.15) is 9.97 Å². The van der Waals surface area contributed by atoms with Crippen molar-refractivity contribution in [2.75, 3.05) is 49.6 Å². The van der Waals surface area contributed by atoms with E-state index in [9.17, 15) is 0 Å². The van der Waals surface area contributed by atoms with Gasteiger partial charge in [0.2, 0.25) is 0 Å². The van der Waals surface area contributed by atoms with Crippen LogP contribution in [-0.2, 0) is 19.3 Å². The summed E-state index contributed by atoms with van der Waals surface area (Å²) in [6, 6.07) is 11.7. The van der Waals surface area contributed by atoms with Crippen LogP contribution >= 0.6 is 0 Å². The monoisotopic (exact) mass is 516 g/mol. The van der Waals surface area contributed by atoms with E-state index >= 15 is 0 Å². The maximum Gasteiger partial charge on any atom is 0.318 e. The molecule has 0 radical (unpaired) electrons. The lowest BCUT2D eigenvalue weighted by atomic mass is 9.67. The van der Waals surface area contributed by atoms with Gasteiger partial charge >= 0.3 is 6.01 Å². The fraction of sp³-hybridized carbons (Fsp3) is 0.677. The molecule has 1 aliphatic carbocycles. The molecule has 5 aliphatic rings. The summed E-state index contributed by atoms with van der Waals surface area (Å²) in [4.78, 5) is 17.9. The van der Waals surface area contributed by atoms with Crippen LogP contribution in [0.1, 0.15) is 62.8 Å². The van der Waals surface area contributed by atoms with Crippen LogP contribution in [-0.4, -0.2) is 78.9 Å². The highest BCUT2D eigenvalue weighted by Gasteiger charge is 2.42. The van der Waals surface area contributed by atoms with Crippen LogP contribution in [0.3, 0.4) is 0 Å². The van der Waals surface area contributed by atoms with Crippen molar-refractivity contribution < 1.29 is 4.74 Å². The van der Waals surface area contributed by atoms with Crippen molar-refractivity contribution >= 4 is 11.5 Å². The molecule has 2 aromatic rings. The smallest absolute Gasteiger partial charge is 0.318 e. The molecular formula is C31H44N6O. The maximum absolute atomic E-state index is 6.47. The summed E-state index contributed by atoms with van der Waals surface area (Å²) in [7, 11) is 2.26. The van der Waals surface area contributed by atoms with Gasteiger partial charge in [0.15, 0.2) is 0 Å². The van der Waals surface area contributed by atoms with Gasteiger partial charge < -0.3 is 19.9 Å². The van der Waals surface area contributed by atoms with Gasteiger partial charge in [0.05, 0.1) is 5.69 Å². The highest BCUT2D eigenvalue weighted by Crippen LogP contribution is 2.46. The number of hydrogen-bond acceptors (Lipinski definition) is 7. The Kier molecular flexibility index (Phi) is 6.27. The first-order valence-electron chi connectivity index (χ1n) is 15.0. The lowest BCUT2D eigenvalue weighted by Gasteiger charge is -2.46. The van der Waals surface area contributed by atoms with Gasteiger partial charge in [0, 0.05) is 62.1 Å². The summed E-state index contributed by atoms with van der Waals surface area (Å²) in [6.45, 7) is 9.62. The number of piperazine rings is 1. The molecule has 7 nitrogen and oxygen atoms in total. The average molecular weight is 517 g/mol. The third-order valence-corrected chi connectivity index (χ3v) is 10.0. The Morgan fingerprint density at radius 3 is 2.71 bits per heavy atom. The minimum Gasteiger partial charge on any atom is -0.462 e. The lowest BCUT2D eigenvalue weighted by Crippen LogP contribution is -2.52. The Bertz CT molecular complexity index is 1170. The van der Waals surface area contributed by atoms with Crippen molar-refractivity contribution in [2.24, 2.45) is 5.41 Å². The predicted molar refractivity (Wildman–Crippen MR) is 152 cm³/mol. The molecule has 7 heteroatoms. The van der Waals surface area contributed by atoms with Crippen molar-refractivity contribution in [1.29, 1.82) is 0 Å². The van der Waals surface area contributed by atoms with Crippen molar-refractivity contribution in [3.63, 3.8) is 0 Å². The topological polar surface area (TPSA) is 56.8 Å². The summed E-state index contributed by atoms with van der Waals surface area (Å²) >= 11 is 0. The standard InChI is InChI=1S/C31H44N6O/c1-21(2)37-14-6-8-25(37)19-38-30-33-27-16-31(15-22-7-4-5-9-28(22)35(3)20-31)13-12-26(27)29(34-30)36-17-23-10-11-24(18-36)32-23/h4-5,7,9,21,23-25,32H,6,8,10-20H2,1-3H3/t23-,24+,25-,31+/m0/s1. The van der Waals surface area contributed by atoms with E-state index in [0.717, 1.165) is 44.7 Å². The summed E-state index contributed by atoms with van der Waals surface area (Å²) in [5.41, 5.74) is 5.71. The van der Waals surface area contributed by atoms with Crippen LogP contribution in [0.4, 0.5) is 11.5 Å². The molecule has 1 aromatic carbocycles. The minimum absolute atomic E-state index is 0.224. The van der Waals surface area contributed by atoms with Crippen LogP contribution in [0.15, 0.2) is 24.3 Å². The van der Waals surface area contributed by atoms with Gasteiger partial charge in [-0.25, -0.2) is 0 Å². The summed E-state index contributed by atoms with van der Waals surface area (Å²) in [6.07, 6.45) is 9.40. The molecule has 1 N–H and O–H groups in total. The maximum atomic E-state index is 6.47. The number of aromatic nitrogens is 2. The Morgan fingerprint density at radius 1 is 1.08 bits per heavy atom. The third-order valence-electron chi connectivity index (χ3n) is 10.0. The van der Waals surface area contributed by atoms with Crippen LogP contribution in [0.2, 0.25) is 0 Å². The molecule has 1 spiro atoms. The average Bonchev–Trinajstić information content (AvgIpc) is 3.52. The number of nitrogens with one attached hydrogen (secondary N) is 1. The fourth-order valence-corrected chi connectivity index (χ4v) is 8.28. The lowest BCUT2D eigenvalue weighted by molar-refractivity contribution is 0.137. The fourth-order valence-electron chi connectivity index (χ4n) is 8.28. The molecule has 4 atom stereocenters. The normalized spacial score (nSPS) is 30.7. The van der Waals surface area contributed by atoms with E-state index in [1.807, 2.05) is 0 Å². The second-order valence-corrected chi connectivity index (χ2v) is 13.1. The second kappa shape index (κ2) is 9.67. The predicted octanol–water partition coefficient (Wildman–Crippen LogP) is 3.84. The van der Waals surface area contributed by atoms with E-state index in [-0.39, 0.29) is 5.41 Å². The van der Waals surface area contributed by atoms with Crippen molar-refractivity contribution in [3.05, 3.63) is 41.1 Å². The van der Waals surface area contributed by atoms with Gasteiger partial charge in [0.1, 0.15) is 12.4 Å². The number of para-hydroxylation sites is 1. The van der Waals surface area contributed by atoms with E-state index in [0.29, 0.717) is 36.8 Å². The molecule has 3 saturated heterocycles. The zero-order valence-corrected chi connectivity index (χ0v) is 23.5. The number of benzene rings is 1. The zero-order valence-electron chi connectivity index (χ0n) is 23.5. The number of fused-ring (bicyclic) bond motifs is 4. The van der Waals surface area contributed by atoms with Gasteiger partial charge in [-0.05, 0) is 88.8 Å². The van der Waals surface area contributed by atoms with Gasteiger partial charge in [-0.1, -0.05) is 18.2 Å². The van der Waals surface area contributed by atoms with E-state index < -0.39 is 0 Å². The van der Waals surface area contributed by atoms with E-state index in [1.165, 1.54) is 61.2 Å². The Hall–Kier alpha value is -2.38. The number of hydrogen-bond donors (Lipinski definition) is 1. The highest BCUT2D eigenvalue weighted by molar-refractivity contribution is 5.57. The molecule has 7 rings (SSSR count). The van der Waals surface area contributed by atoms with Crippen molar-refractivity contribution in [2.45, 2.75) is 89.4 Å². The Balaban J connectivity index is 1.20. The first-order valence-corrected chi connectivity index (χ1v) is 15.0. The first kappa shape index (κ1) is 24.6. The summed E-state index contributed by atoms with van der Waals surface area (Å²) in [5.74, 6) is 1.16. The second-order valence-electron chi connectivity index (χ2n) is 13.1. The van der Waals surface area contributed by atoms with Crippen LogP contribution < -0.4 is 19.9 Å². The minimum atomic E-state index is 0.224. The number of nitrogens with zero attached hydrogens (tertiary/aromatic N) is 5. The third kappa shape index (κ3) is 4.45. The molecule has 3 fully saturated rings. The molecule has 204 valence electrons. The molecule has 0 unspecified atom stereocenters. The number of rotatable bonds is 5. The van der Waals surface area contributed by atoms with Crippen LogP contribution in [0.25, 0.3) is 0 Å². The number of anilines is 2. The van der Waals surface area contributed by atoms with Crippen LogP contribution in [0, 0.1) is 5.41 Å². The quantitative estimate of drug-likeness (QED) is 0.648. The van der Waals surface area contributed by atoms with Crippen molar-refractivity contribution in [3.8, 4) is 6.01 Å². The first-order chi connectivity index (χ1) is 18.5. The van der Waals surface area contributed by atoms with Gasteiger partial charge in [-0.15, -0.1) is 0 Å². The summed E-state index contributed by atoms with van der Waals surface area (Å²) < 4.78 is 6.47. The largest absolute Gasteiger partial charge is 0.462 e. The highest BCUT2D eigenvalue weighted by atomic mass is 16.5. The van der Waals surface area contributed by atoms with Gasteiger partial charge in [-0.3, -0.25) is 4.90 Å². The molecule has 4 aliphatic heterocycles. The molecule has 1 aromatic heterocycles. The van der Waals surface area contributed by atoms with Crippen LogP contribution in [0.5, 0.6) is 6.01 Å². The molecule has 2 bridgehead atoms. The van der Waals surface area contributed by atoms with E-state index in [2.05, 4.69) is 65.2 Å². The van der Waals surface area contributed by atoms with E-state index in [1.54, 1.807) is 0 Å². The molecule has 5 heterocycles. The Labute approximate surface area is 228 Å². The molecule has 0 amide bonds. The van der Waals surface area contributed by atoms with Gasteiger partial charge in [0.25, 0.3) is 0 Å². The Morgan fingerprint density at radius 2 is 1.89 bits per heavy atom. The van der Waals surface area contributed by atoms with Crippen molar-refractivity contribution in [1.82, 2.24) is 20.2 Å². The van der Waals surface area contributed by atoms with E-state index in [4.69, 9.17) is 14.7 Å². The molecule has 38 heavy (non-hydrogen) atoms. The zero-order chi connectivity index (χ0) is 25.9. The number of likely N-dealkylation sites (tertiary alicyclic amines) is 1. The SMILES string of the molecule is CC(C)N1CCC[C@H]1COc1nc2c(c(N3C[C@H]4CC[C@@H](C3)N4)n1)CC[C@@]1(Cc3ccccc3N(C)C1)C2. The molecular weight excluding hydrogens is 472 g/mol. The molecule has 0 saturated carbocycles. The number of ether oxygens (including phenoxy) is 1.